The van der Waals surface area contributed by atoms with Crippen LogP contribution in [-0.4, -0.2) is 18.8 Å². The van der Waals surface area contributed by atoms with Crippen molar-refractivity contribution >= 4 is 39.1 Å². The number of rotatable bonds is 3. The number of carbonyl (C=O) groups excluding carboxylic acids is 1. The van der Waals surface area contributed by atoms with E-state index in [9.17, 15) is 17.8 Å². The van der Waals surface area contributed by atoms with Crippen LogP contribution in [0, 0.1) is 0 Å². The summed E-state index contributed by atoms with van der Waals surface area (Å²) in [6, 6.07) is 9.69. The molecule has 0 atom stereocenters. The molecular formula is C13H7Cl2KO4S. The fourth-order valence-electron chi connectivity index (χ4n) is 1.64. The van der Waals surface area contributed by atoms with Crippen molar-refractivity contribution in [1.29, 1.82) is 0 Å². The van der Waals surface area contributed by atoms with Gasteiger partial charge in [-0.2, -0.15) is 0 Å². The van der Waals surface area contributed by atoms with Crippen molar-refractivity contribution < 1.29 is 69.1 Å². The molecule has 8 heteroatoms. The van der Waals surface area contributed by atoms with Crippen molar-refractivity contribution in [3.8, 4) is 0 Å². The minimum atomic E-state index is -4.66. The van der Waals surface area contributed by atoms with Crippen molar-refractivity contribution in [2.75, 3.05) is 0 Å². The molecule has 21 heavy (non-hydrogen) atoms. The van der Waals surface area contributed by atoms with E-state index in [1.54, 1.807) is 18.2 Å². The molecule has 0 radical (unpaired) electrons. The first kappa shape index (κ1) is 19.3. The van der Waals surface area contributed by atoms with E-state index in [1.807, 2.05) is 0 Å². The minimum Gasteiger partial charge on any atom is -0.744 e. The Hall–Kier alpha value is 0.236. The van der Waals surface area contributed by atoms with Crippen LogP contribution in [0.25, 0.3) is 0 Å². The molecule has 2 aromatic rings. The Morgan fingerprint density at radius 1 is 1.00 bits per heavy atom. The van der Waals surface area contributed by atoms with Crippen LogP contribution < -0.4 is 51.4 Å². The molecular weight excluding hydrogens is 362 g/mol. The van der Waals surface area contributed by atoms with Gasteiger partial charge in [0.1, 0.15) is 10.1 Å². The normalized spacial score (nSPS) is 10.8. The maximum absolute atomic E-state index is 12.2. The smallest absolute Gasteiger partial charge is 0.744 e. The summed E-state index contributed by atoms with van der Waals surface area (Å²) < 4.78 is 32.7. The fraction of sp³-hybridized carbons (Fsp3) is 0. The van der Waals surface area contributed by atoms with Gasteiger partial charge in [0, 0.05) is 16.1 Å². The fourth-order valence-corrected chi connectivity index (χ4v) is 2.83. The van der Waals surface area contributed by atoms with Crippen molar-refractivity contribution in [2.24, 2.45) is 0 Å². The van der Waals surface area contributed by atoms with Crippen LogP contribution in [0.2, 0.25) is 10.0 Å². The number of hydrogen-bond acceptors (Lipinski definition) is 4. The first-order valence-corrected chi connectivity index (χ1v) is 7.51. The van der Waals surface area contributed by atoms with Crippen LogP contribution in [0.1, 0.15) is 15.9 Å². The van der Waals surface area contributed by atoms with Crippen LogP contribution in [0.15, 0.2) is 47.4 Å². The molecule has 4 nitrogen and oxygen atoms in total. The largest absolute Gasteiger partial charge is 1.00 e. The Labute approximate surface area is 174 Å². The topological polar surface area (TPSA) is 74.3 Å². The van der Waals surface area contributed by atoms with Gasteiger partial charge in [-0.3, -0.25) is 4.79 Å². The van der Waals surface area contributed by atoms with Crippen LogP contribution in [0.5, 0.6) is 0 Å². The zero-order valence-electron chi connectivity index (χ0n) is 10.8. The Balaban J connectivity index is 0.00000220. The van der Waals surface area contributed by atoms with E-state index >= 15 is 0 Å². The summed E-state index contributed by atoms with van der Waals surface area (Å²) in [5.41, 5.74) is 0.510. The van der Waals surface area contributed by atoms with Crippen molar-refractivity contribution in [1.82, 2.24) is 0 Å². The standard InChI is InChI=1S/C13H8Cl2O4S.K/c14-10-3-1-2-8(6-10)13(16)9-4-5-12(11(15)7-9)20(17,18)19;/h1-7H,(H,17,18,19);/q;+1/p-1. The molecule has 0 spiro atoms. The summed E-state index contributed by atoms with van der Waals surface area (Å²) in [7, 11) is -4.66. The number of carbonyl (C=O) groups is 1. The van der Waals surface area contributed by atoms with E-state index in [2.05, 4.69) is 0 Å². The van der Waals surface area contributed by atoms with Gasteiger partial charge in [0.15, 0.2) is 5.78 Å². The molecule has 0 amide bonds. The second-order valence-corrected chi connectivity index (χ2v) is 6.13. The number of halogens is 2. The molecule has 0 aliphatic heterocycles. The van der Waals surface area contributed by atoms with Gasteiger partial charge in [0.05, 0.1) is 9.92 Å². The number of ketones is 1. The van der Waals surface area contributed by atoms with Crippen molar-refractivity contribution in [3.63, 3.8) is 0 Å². The van der Waals surface area contributed by atoms with Crippen molar-refractivity contribution in [2.45, 2.75) is 4.90 Å². The van der Waals surface area contributed by atoms with Crippen LogP contribution >= 0.6 is 23.2 Å². The third kappa shape index (κ3) is 4.85. The van der Waals surface area contributed by atoms with Crippen LogP contribution in [0.4, 0.5) is 0 Å². The molecule has 0 N–H and O–H groups in total. The number of hydrogen-bond donors (Lipinski definition) is 0. The Kier molecular flexibility index (Phi) is 7.05. The van der Waals surface area contributed by atoms with E-state index in [-0.39, 0.29) is 67.8 Å². The SMILES string of the molecule is O=C(c1cccc(Cl)c1)c1ccc(S(=O)(=O)[O-])c(Cl)c1.[K+]. The average molecular weight is 369 g/mol. The maximum Gasteiger partial charge on any atom is 1.00 e. The predicted octanol–water partition coefficient (Wildman–Crippen LogP) is 0.133. The molecule has 0 saturated carbocycles. The second kappa shape index (κ2) is 7.67. The van der Waals surface area contributed by atoms with Gasteiger partial charge in [0.25, 0.3) is 0 Å². The molecule has 2 rings (SSSR count). The third-order valence-corrected chi connectivity index (χ3v) is 4.10. The Morgan fingerprint density at radius 3 is 2.14 bits per heavy atom. The van der Waals surface area contributed by atoms with Crippen LogP contribution in [0.3, 0.4) is 0 Å². The molecule has 2 aromatic carbocycles. The van der Waals surface area contributed by atoms with Gasteiger partial charge in [-0.25, -0.2) is 8.42 Å². The average Bonchev–Trinajstić information content (AvgIpc) is 2.36. The summed E-state index contributed by atoms with van der Waals surface area (Å²) in [6.07, 6.45) is 0. The van der Waals surface area contributed by atoms with E-state index in [0.717, 1.165) is 12.1 Å². The Bertz CT molecular complexity index is 791. The second-order valence-electron chi connectivity index (χ2n) is 3.94. The molecule has 0 saturated heterocycles. The van der Waals surface area contributed by atoms with Crippen molar-refractivity contribution in [3.05, 3.63) is 63.6 Å². The molecule has 0 fully saturated rings. The van der Waals surface area contributed by atoms with Gasteiger partial charge >= 0.3 is 51.4 Å². The third-order valence-electron chi connectivity index (χ3n) is 2.55. The quantitative estimate of drug-likeness (QED) is 0.438. The molecule has 0 aromatic heterocycles. The summed E-state index contributed by atoms with van der Waals surface area (Å²) in [4.78, 5) is 11.6. The van der Waals surface area contributed by atoms with E-state index in [4.69, 9.17) is 23.2 Å². The zero-order chi connectivity index (χ0) is 14.9. The predicted molar refractivity (Wildman–Crippen MR) is 74.3 cm³/mol. The van der Waals surface area contributed by atoms with Gasteiger partial charge in [-0.15, -0.1) is 0 Å². The Morgan fingerprint density at radius 2 is 1.62 bits per heavy atom. The van der Waals surface area contributed by atoms with E-state index in [1.165, 1.54) is 12.1 Å². The zero-order valence-corrected chi connectivity index (χ0v) is 16.3. The maximum atomic E-state index is 12.2. The van der Waals surface area contributed by atoms with Crippen LogP contribution in [-0.2, 0) is 10.1 Å². The first-order chi connectivity index (χ1) is 9.29. The summed E-state index contributed by atoms with van der Waals surface area (Å²) in [6.45, 7) is 0. The first-order valence-electron chi connectivity index (χ1n) is 5.35. The molecule has 104 valence electrons. The molecule has 0 aliphatic carbocycles. The van der Waals surface area contributed by atoms with Gasteiger partial charge in [0.2, 0.25) is 0 Å². The molecule has 0 aliphatic rings. The summed E-state index contributed by atoms with van der Waals surface area (Å²) in [5, 5.41) is 0.119. The summed E-state index contributed by atoms with van der Waals surface area (Å²) in [5.74, 6) is -0.371. The summed E-state index contributed by atoms with van der Waals surface area (Å²) >= 11 is 11.5. The van der Waals surface area contributed by atoms with Gasteiger partial charge in [-0.1, -0.05) is 35.3 Å². The number of benzene rings is 2. The molecule has 0 unspecified atom stereocenters. The van der Waals surface area contributed by atoms with Gasteiger partial charge in [-0.05, 0) is 30.3 Å². The minimum absolute atomic E-state index is 0. The molecule has 0 heterocycles. The van der Waals surface area contributed by atoms with E-state index in [0.29, 0.717) is 10.6 Å². The molecule has 0 bridgehead atoms. The van der Waals surface area contributed by atoms with E-state index < -0.39 is 15.0 Å². The monoisotopic (exact) mass is 368 g/mol. The van der Waals surface area contributed by atoms with Gasteiger partial charge < -0.3 is 4.55 Å².